The van der Waals surface area contributed by atoms with Gasteiger partial charge in [-0.2, -0.15) is 0 Å². The molecule has 0 aliphatic heterocycles. The van der Waals surface area contributed by atoms with Gasteiger partial charge in [0.15, 0.2) is 0 Å². The third-order valence-corrected chi connectivity index (χ3v) is 4.79. The molecule has 2 N–H and O–H groups in total. The van der Waals surface area contributed by atoms with E-state index in [4.69, 9.17) is 0 Å². The SMILES string of the molecule is CCc1ccccc1Nc1cncc(C(=O)NCCC2=CCCCC2)c1. The van der Waals surface area contributed by atoms with Crippen molar-refractivity contribution < 1.29 is 4.79 Å². The quantitative estimate of drug-likeness (QED) is 0.691. The number of benzene rings is 1. The van der Waals surface area contributed by atoms with E-state index in [1.807, 2.05) is 24.3 Å². The van der Waals surface area contributed by atoms with Crippen LogP contribution in [0.5, 0.6) is 0 Å². The molecule has 0 fully saturated rings. The number of pyridine rings is 1. The molecular weight excluding hydrogens is 322 g/mol. The first-order valence-corrected chi connectivity index (χ1v) is 9.52. The number of carbonyl (C=O) groups is 1. The summed E-state index contributed by atoms with van der Waals surface area (Å²) in [6, 6.07) is 10.0. The standard InChI is InChI=1S/C22H27N3O/c1-2-18-10-6-7-11-21(18)25-20-14-19(15-23-16-20)22(26)24-13-12-17-8-4-3-5-9-17/h6-8,10-11,14-16,25H,2-5,9,12-13H2,1H3,(H,24,26). The molecule has 1 aliphatic carbocycles. The van der Waals surface area contributed by atoms with Gasteiger partial charge in [0.2, 0.25) is 0 Å². The Morgan fingerprint density at radius 3 is 2.88 bits per heavy atom. The maximum Gasteiger partial charge on any atom is 0.252 e. The molecule has 2 aromatic rings. The minimum absolute atomic E-state index is 0.0682. The largest absolute Gasteiger partial charge is 0.354 e. The average Bonchev–Trinajstić information content (AvgIpc) is 2.69. The van der Waals surface area contributed by atoms with E-state index in [1.165, 1.54) is 36.8 Å². The van der Waals surface area contributed by atoms with E-state index in [0.29, 0.717) is 12.1 Å². The van der Waals surface area contributed by atoms with Crippen molar-refractivity contribution in [2.24, 2.45) is 0 Å². The van der Waals surface area contributed by atoms with Gasteiger partial charge in [-0.25, -0.2) is 0 Å². The number of allylic oxidation sites excluding steroid dienone is 1. The Balaban J connectivity index is 1.59. The normalized spacial score (nSPS) is 13.8. The Morgan fingerprint density at radius 1 is 1.19 bits per heavy atom. The van der Waals surface area contributed by atoms with Crippen molar-refractivity contribution in [2.45, 2.75) is 45.4 Å². The molecule has 1 aliphatic rings. The van der Waals surface area contributed by atoms with Gasteiger partial charge in [-0.15, -0.1) is 0 Å². The van der Waals surface area contributed by atoms with Gasteiger partial charge in [-0.3, -0.25) is 9.78 Å². The van der Waals surface area contributed by atoms with E-state index in [1.54, 1.807) is 12.4 Å². The molecule has 0 bridgehead atoms. The van der Waals surface area contributed by atoms with Crippen molar-refractivity contribution in [3.63, 3.8) is 0 Å². The fraction of sp³-hybridized carbons (Fsp3) is 0.364. The Labute approximate surface area is 155 Å². The van der Waals surface area contributed by atoms with E-state index in [9.17, 15) is 4.79 Å². The first-order valence-electron chi connectivity index (χ1n) is 9.52. The summed E-state index contributed by atoms with van der Waals surface area (Å²) >= 11 is 0. The van der Waals surface area contributed by atoms with Crippen LogP contribution in [0.25, 0.3) is 0 Å². The molecule has 3 rings (SSSR count). The van der Waals surface area contributed by atoms with Gasteiger partial charge in [0.1, 0.15) is 0 Å². The summed E-state index contributed by atoms with van der Waals surface area (Å²) in [5, 5.41) is 6.39. The van der Waals surface area contributed by atoms with Crippen molar-refractivity contribution in [3.05, 3.63) is 65.5 Å². The molecule has 26 heavy (non-hydrogen) atoms. The summed E-state index contributed by atoms with van der Waals surface area (Å²) in [5.74, 6) is -0.0682. The summed E-state index contributed by atoms with van der Waals surface area (Å²) in [5.41, 5.74) is 5.18. The number of aryl methyl sites for hydroxylation is 1. The minimum Gasteiger partial charge on any atom is -0.354 e. The van der Waals surface area contributed by atoms with E-state index in [2.05, 4.69) is 34.7 Å². The van der Waals surface area contributed by atoms with Crippen LogP contribution in [0, 0.1) is 0 Å². The van der Waals surface area contributed by atoms with Crippen LogP contribution >= 0.6 is 0 Å². The van der Waals surface area contributed by atoms with Gasteiger partial charge in [0.25, 0.3) is 5.91 Å². The first-order chi connectivity index (χ1) is 12.8. The number of nitrogens with zero attached hydrogens (tertiary/aromatic N) is 1. The summed E-state index contributed by atoms with van der Waals surface area (Å²) in [6.07, 6.45) is 12.5. The van der Waals surface area contributed by atoms with E-state index in [-0.39, 0.29) is 5.91 Å². The summed E-state index contributed by atoms with van der Waals surface area (Å²) < 4.78 is 0. The molecule has 0 saturated heterocycles. The van der Waals surface area contributed by atoms with Crippen molar-refractivity contribution in [1.29, 1.82) is 0 Å². The highest BCUT2D eigenvalue weighted by molar-refractivity contribution is 5.94. The number of para-hydroxylation sites is 1. The number of hydrogen-bond donors (Lipinski definition) is 2. The smallest absolute Gasteiger partial charge is 0.252 e. The maximum atomic E-state index is 12.4. The Hall–Kier alpha value is -2.62. The van der Waals surface area contributed by atoms with Crippen molar-refractivity contribution in [3.8, 4) is 0 Å². The fourth-order valence-electron chi connectivity index (χ4n) is 3.31. The van der Waals surface area contributed by atoms with E-state index in [0.717, 1.165) is 24.2 Å². The number of rotatable bonds is 7. The Kier molecular flexibility index (Phi) is 6.42. The minimum atomic E-state index is -0.0682. The Bertz CT molecular complexity index is 782. The highest BCUT2D eigenvalue weighted by Crippen LogP contribution is 2.22. The predicted molar refractivity (Wildman–Crippen MR) is 107 cm³/mol. The Morgan fingerprint density at radius 2 is 2.08 bits per heavy atom. The molecule has 1 amide bonds. The van der Waals surface area contributed by atoms with Crippen LogP contribution in [0.3, 0.4) is 0 Å². The van der Waals surface area contributed by atoms with Crippen molar-refractivity contribution in [1.82, 2.24) is 10.3 Å². The number of aromatic nitrogens is 1. The van der Waals surface area contributed by atoms with Gasteiger partial charge in [0.05, 0.1) is 17.4 Å². The molecule has 0 unspecified atom stereocenters. The van der Waals surface area contributed by atoms with Crippen molar-refractivity contribution >= 4 is 17.3 Å². The zero-order chi connectivity index (χ0) is 18.2. The van der Waals surface area contributed by atoms with Gasteiger partial charge < -0.3 is 10.6 Å². The lowest BCUT2D eigenvalue weighted by Gasteiger charge is -2.13. The summed E-state index contributed by atoms with van der Waals surface area (Å²) in [4.78, 5) is 16.6. The average molecular weight is 349 g/mol. The third-order valence-electron chi connectivity index (χ3n) is 4.79. The zero-order valence-corrected chi connectivity index (χ0v) is 15.4. The highest BCUT2D eigenvalue weighted by atomic mass is 16.1. The lowest BCUT2D eigenvalue weighted by Crippen LogP contribution is -2.25. The molecule has 4 heteroatoms. The maximum absolute atomic E-state index is 12.4. The molecule has 4 nitrogen and oxygen atoms in total. The molecule has 136 valence electrons. The topological polar surface area (TPSA) is 54.0 Å². The van der Waals surface area contributed by atoms with E-state index >= 15 is 0 Å². The summed E-state index contributed by atoms with van der Waals surface area (Å²) in [7, 11) is 0. The highest BCUT2D eigenvalue weighted by Gasteiger charge is 2.09. The molecule has 0 atom stereocenters. The van der Waals surface area contributed by atoms with Crippen LogP contribution in [0.4, 0.5) is 11.4 Å². The molecule has 0 radical (unpaired) electrons. The van der Waals surface area contributed by atoms with Crippen LogP contribution in [-0.4, -0.2) is 17.4 Å². The van der Waals surface area contributed by atoms with Crippen LogP contribution in [0.1, 0.15) is 54.9 Å². The second-order valence-electron chi connectivity index (χ2n) is 6.71. The van der Waals surface area contributed by atoms with Crippen LogP contribution in [-0.2, 0) is 6.42 Å². The number of anilines is 2. The number of hydrogen-bond acceptors (Lipinski definition) is 3. The third kappa shape index (κ3) is 4.94. The van der Waals surface area contributed by atoms with Gasteiger partial charge in [-0.05, 0) is 56.2 Å². The second-order valence-corrected chi connectivity index (χ2v) is 6.71. The molecule has 1 heterocycles. The molecule has 0 spiro atoms. The van der Waals surface area contributed by atoms with E-state index < -0.39 is 0 Å². The van der Waals surface area contributed by atoms with Gasteiger partial charge in [0, 0.05) is 18.4 Å². The van der Waals surface area contributed by atoms with Gasteiger partial charge in [-0.1, -0.05) is 36.8 Å². The van der Waals surface area contributed by atoms with Gasteiger partial charge >= 0.3 is 0 Å². The second kappa shape index (κ2) is 9.18. The fourth-order valence-corrected chi connectivity index (χ4v) is 3.31. The molecular formula is C22H27N3O. The zero-order valence-electron chi connectivity index (χ0n) is 15.4. The monoisotopic (exact) mass is 349 g/mol. The predicted octanol–water partition coefficient (Wildman–Crippen LogP) is 5.01. The molecule has 1 aromatic carbocycles. The lowest BCUT2D eigenvalue weighted by atomic mass is 9.97. The van der Waals surface area contributed by atoms with Crippen molar-refractivity contribution in [2.75, 3.05) is 11.9 Å². The first kappa shape index (κ1) is 18.2. The number of amides is 1. The summed E-state index contributed by atoms with van der Waals surface area (Å²) in [6.45, 7) is 2.81. The van der Waals surface area contributed by atoms with Crippen LogP contribution in [0.2, 0.25) is 0 Å². The number of nitrogens with one attached hydrogen (secondary N) is 2. The molecule has 1 aromatic heterocycles. The molecule has 0 saturated carbocycles. The number of carbonyl (C=O) groups excluding carboxylic acids is 1. The van der Waals surface area contributed by atoms with Crippen LogP contribution in [0.15, 0.2) is 54.4 Å². The van der Waals surface area contributed by atoms with Crippen LogP contribution < -0.4 is 10.6 Å². The lowest BCUT2D eigenvalue weighted by molar-refractivity contribution is 0.0953.